The Morgan fingerprint density at radius 1 is 1.33 bits per heavy atom. The Hall–Kier alpha value is -1.62. The highest BCUT2D eigenvalue weighted by atomic mass is 16.6. The summed E-state index contributed by atoms with van der Waals surface area (Å²) in [6.45, 7) is 13.0. The lowest BCUT2D eigenvalue weighted by molar-refractivity contribution is -0.107. The Bertz CT molecular complexity index is 641. The topological polar surface area (TPSA) is 45.1 Å². The SMILES string of the molecule is CC1=CC2(C)C(=NN(C(=O)OC(C)(C)C)N3CCCCC32)C(C)=C1. The summed E-state index contributed by atoms with van der Waals surface area (Å²) in [5, 5.41) is 8.35. The van der Waals surface area contributed by atoms with Crippen LogP contribution in [0.15, 0.2) is 28.4 Å². The predicted molar refractivity (Wildman–Crippen MR) is 95.5 cm³/mol. The smallest absolute Gasteiger partial charge is 0.441 e. The van der Waals surface area contributed by atoms with Crippen LogP contribution in [0, 0.1) is 5.41 Å². The van der Waals surface area contributed by atoms with Gasteiger partial charge in [0.1, 0.15) is 5.60 Å². The van der Waals surface area contributed by atoms with Crippen molar-refractivity contribution in [3.63, 3.8) is 0 Å². The molecule has 1 aliphatic carbocycles. The van der Waals surface area contributed by atoms with Crippen molar-refractivity contribution in [2.24, 2.45) is 10.5 Å². The van der Waals surface area contributed by atoms with E-state index in [2.05, 4.69) is 37.9 Å². The number of hydrazine groups is 1. The molecule has 5 nitrogen and oxygen atoms in total. The van der Waals surface area contributed by atoms with Gasteiger partial charge in [-0.1, -0.05) is 24.1 Å². The molecule has 0 bridgehead atoms. The quantitative estimate of drug-likeness (QED) is 0.666. The molecule has 3 rings (SSSR count). The van der Waals surface area contributed by atoms with Crippen molar-refractivity contribution in [1.29, 1.82) is 0 Å². The highest BCUT2D eigenvalue weighted by Crippen LogP contribution is 2.44. The van der Waals surface area contributed by atoms with Crippen molar-refractivity contribution in [1.82, 2.24) is 10.1 Å². The van der Waals surface area contributed by atoms with Crippen LogP contribution in [0.5, 0.6) is 0 Å². The molecule has 3 aliphatic rings. The number of hydrogen-bond donors (Lipinski definition) is 0. The number of rotatable bonds is 0. The minimum Gasteiger partial charge on any atom is -0.441 e. The maximum absolute atomic E-state index is 12.7. The summed E-state index contributed by atoms with van der Waals surface area (Å²) >= 11 is 0. The Balaban J connectivity index is 2.04. The third kappa shape index (κ3) is 2.90. The molecular formula is C19H29N3O2. The summed E-state index contributed by atoms with van der Waals surface area (Å²) < 4.78 is 5.60. The molecule has 1 fully saturated rings. The number of carbonyl (C=O) groups excluding carboxylic acids is 1. The van der Waals surface area contributed by atoms with E-state index in [1.165, 1.54) is 17.1 Å². The molecule has 0 aromatic heterocycles. The zero-order valence-electron chi connectivity index (χ0n) is 15.7. The number of fused-ring (bicyclic) bond motifs is 3. The molecule has 24 heavy (non-hydrogen) atoms. The Kier molecular flexibility index (Phi) is 4.11. The van der Waals surface area contributed by atoms with Gasteiger partial charge in [-0.25, -0.2) is 4.79 Å². The zero-order valence-corrected chi connectivity index (χ0v) is 15.7. The van der Waals surface area contributed by atoms with Crippen LogP contribution >= 0.6 is 0 Å². The molecule has 5 heteroatoms. The normalized spacial score (nSPS) is 30.7. The molecule has 1 amide bonds. The van der Waals surface area contributed by atoms with Crippen molar-refractivity contribution >= 4 is 11.8 Å². The van der Waals surface area contributed by atoms with E-state index in [0.29, 0.717) is 0 Å². The van der Waals surface area contributed by atoms with Crippen molar-refractivity contribution in [3.05, 3.63) is 23.3 Å². The molecule has 0 spiro atoms. The van der Waals surface area contributed by atoms with Crippen molar-refractivity contribution in [3.8, 4) is 0 Å². The Labute approximate surface area is 145 Å². The van der Waals surface area contributed by atoms with Crippen LogP contribution in [0.1, 0.15) is 60.8 Å². The van der Waals surface area contributed by atoms with Crippen LogP contribution in [-0.4, -0.2) is 40.1 Å². The van der Waals surface area contributed by atoms with Gasteiger partial charge in [0.25, 0.3) is 0 Å². The minimum absolute atomic E-state index is 0.151. The van der Waals surface area contributed by atoms with E-state index in [4.69, 9.17) is 9.84 Å². The molecular weight excluding hydrogens is 302 g/mol. The van der Waals surface area contributed by atoms with E-state index in [1.807, 2.05) is 20.8 Å². The number of allylic oxidation sites excluding steroid dienone is 3. The van der Waals surface area contributed by atoms with Gasteiger partial charge in [-0.3, -0.25) is 0 Å². The maximum atomic E-state index is 12.7. The molecule has 0 N–H and O–H groups in total. The minimum atomic E-state index is -0.531. The first kappa shape index (κ1) is 17.2. The number of ether oxygens (including phenoxy) is 1. The molecule has 1 saturated heterocycles. The first-order valence-corrected chi connectivity index (χ1v) is 8.89. The zero-order chi connectivity index (χ0) is 17.7. The predicted octanol–water partition coefficient (Wildman–Crippen LogP) is 4.28. The Morgan fingerprint density at radius 3 is 2.71 bits per heavy atom. The molecule has 2 atom stereocenters. The van der Waals surface area contributed by atoms with Gasteiger partial charge in [0.2, 0.25) is 0 Å². The second-order valence-electron chi connectivity index (χ2n) is 8.39. The van der Waals surface area contributed by atoms with Crippen molar-refractivity contribution < 1.29 is 9.53 Å². The number of carbonyl (C=O) groups is 1. The first-order chi connectivity index (χ1) is 11.1. The lowest BCUT2D eigenvalue weighted by atomic mass is 9.68. The van der Waals surface area contributed by atoms with Gasteiger partial charge < -0.3 is 4.74 Å². The highest BCUT2D eigenvalue weighted by Gasteiger charge is 2.50. The van der Waals surface area contributed by atoms with E-state index in [0.717, 1.165) is 30.7 Å². The standard InChI is InChI=1S/C19H29N3O2/c1-13-11-14(2)16-19(6,12-13)15-9-7-8-10-21(15)22(20-16)17(23)24-18(3,4)5/h11-12,15H,7-10H2,1-6H3. The van der Waals surface area contributed by atoms with E-state index in [-0.39, 0.29) is 17.6 Å². The molecule has 0 saturated carbocycles. The lowest BCUT2D eigenvalue weighted by Crippen LogP contribution is -2.63. The van der Waals surface area contributed by atoms with Gasteiger partial charge in [0.05, 0.1) is 5.71 Å². The number of piperidine rings is 1. The monoisotopic (exact) mass is 331 g/mol. The van der Waals surface area contributed by atoms with Crippen LogP contribution < -0.4 is 0 Å². The Morgan fingerprint density at radius 2 is 2.04 bits per heavy atom. The average molecular weight is 331 g/mol. The fourth-order valence-electron chi connectivity index (χ4n) is 4.21. The van der Waals surface area contributed by atoms with Gasteiger partial charge in [0.15, 0.2) is 0 Å². The highest BCUT2D eigenvalue weighted by molar-refractivity contribution is 6.07. The maximum Gasteiger partial charge on any atom is 0.446 e. The van der Waals surface area contributed by atoms with E-state index < -0.39 is 5.60 Å². The van der Waals surface area contributed by atoms with Gasteiger partial charge >= 0.3 is 6.09 Å². The second kappa shape index (κ2) is 5.73. The van der Waals surface area contributed by atoms with Crippen LogP contribution in [-0.2, 0) is 4.74 Å². The molecule has 2 aliphatic heterocycles. The van der Waals surface area contributed by atoms with E-state index in [1.54, 1.807) is 0 Å². The molecule has 0 aromatic rings. The first-order valence-electron chi connectivity index (χ1n) is 8.89. The summed E-state index contributed by atoms with van der Waals surface area (Å²) in [4.78, 5) is 12.7. The molecule has 2 unspecified atom stereocenters. The van der Waals surface area contributed by atoms with Crippen LogP contribution in [0.25, 0.3) is 0 Å². The van der Waals surface area contributed by atoms with Gasteiger partial charge in [-0.2, -0.15) is 10.1 Å². The second-order valence-corrected chi connectivity index (χ2v) is 8.39. The number of amides is 1. The van der Waals surface area contributed by atoms with Gasteiger partial charge in [-0.15, -0.1) is 5.12 Å². The lowest BCUT2D eigenvalue weighted by Gasteiger charge is -2.52. The van der Waals surface area contributed by atoms with E-state index >= 15 is 0 Å². The molecule has 0 aromatic carbocycles. The summed E-state index contributed by atoms with van der Waals surface area (Å²) in [5.41, 5.74) is 2.71. The number of nitrogens with zero attached hydrogens (tertiary/aromatic N) is 3. The molecule has 0 radical (unpaired) electrons. The number of hydrazone groups is 1. The summed E-state index contributed by atoms with van der Waals surface area (Å²) in [6, 6.07) is 0.241. The summed E-state index contributed by atoms with van der Waals surface area (Å²) in [6.07, 6.45) is 7.39. The van der Waals surface area contributed by atoms with Crippen molar-refractivity contribution in [2.45, 2.75) is 72.4 Å². The summed E-state index contributed by atoms with van der Waals surface area (Å²) in [7, 11) is 0. The van der Waals surface area contributed by atoms with Crippen molar-refractivity contribution in [2.75, 3.05) is 6.54 Å². The average Bonchev–Trinajstić information content (AvgIpc) is 2.44. The van der Waals surface area contributed by atoms with E-state index in [9.17, 15) is 4.79 Å². The fourth-order valence-corrected chi connectivity index (χ4v) is 4.21. The fraction of sp³-hybridized carbons (Fsp3) is 0.684. The molecule has 132 valence electrons. The largest absolute Gasteiger partial charge is 0.446 e. The van der Waals surface area contributed by atoms with Gasteiger partial charge in [-0.05, 0) is 60.0 Å². The van der Waals surface area contributed by atoms with Gasteiger partial charge in [0, 0.05) is 18.0 Å². The third-order valence-electron chi connectivity index (χ3n) is 5.02. The molecule has 2 heterocycles. The summed E-state index contributed by atoms with van der Waals surface area (Å²) in [5.74, 6) is 0. The van der Waals surface area contributed by atoms with Crippen LogP contribution in [0.4, 0.5) is 4.79 Å². The number of hydrogen-bond acceptors (Lipinski definition) is 4. The third-order valence-corrected chi connectivity index (χ3v) is 5.02. The van der Waals surface area contributed by atoms with Crippen LogP contribution in [0.3, 0.4) is 0 Å². The van der Waals surface area contributed by atoms with Crippen LogP contribution in [0.2, 0.25) is 0 Å².